The Kier molecular flexibility index (Phi) is 10.9. The highest BCUT2D eigenvalue weighted by Gasteiger charge is 2.10. The number of hydrogen-bond donors (Lipinski definition) is 1. The van der Waals surface area contributed by atoms with E-state index in [-0.39, 0.29) is 39.9 Å². The van der Waals surface area contributed by atoms with Crippen LogP contribution in [0.2, 0.25) is 0 Å². The molecule has 1 N–H and O–H groups in total. The normalized spacial score (nSPS) is 17.6. The van der Waals surface area contributed by atoms with Crippen molar-refractivity contribution in [3.05, 3.63) is 0 Å². The smallest absolute Gasteiger partial charge is 0.322 e. The lowest BCUT2D eigenvalue weighted by atomic mass is 10.4. The molecule has 0 atom stereocenters. The fourth-order valence-electron chi connectivity index (χ4n) is 1.09. The van der Waals surface area contributed by atoms with Crippen molar-refractivity contribution in [1.29, 1.82) is 0 Å². The predicted molar refractivity (Wildman–Crippen MR) is 61.5 cm³/mol. The number of hydrogen-bond acceptors (Lipinski definition) is 4. The molecule has 1 rings (SSSR count). The fraction of sp³-hybridized carbons (Fsp3) is 0.857. The molecule has 0 unspecified atom stereocenters. The minimum Gasteiger partial charge on any atom is -0.368 e. The molecule has 0 radical (unpaired) electrons. The molecular formula is C7H16Br2N2O2. The lowest BCUT2D eigenvalue weighted by Crippen LogP contribution is -2.30. The van der Waals surface area contributed by atoms with Gasteiger partial charge in [-0.3, -0.25) is 4.79 Å². The summed E-state index contributed by atoms with van der Waals surface area (Å²) in [5, 5.41) is 4.93. The Hall–Kier alpha value is 0.350. The maximum atomic E-state index is 10.5. The van der Waals surface area contributed by atoms with E-state index in [1.807, 2.05) is 0 Å². The summed E-state index contributed by atoms with van der Waals surface area (Å²) < 4.78 is 0. The third-order valence-electron chi connectivity index (χ3n) is 1.56. The number of halogens is 2. The maximum Gasteiger partial charge on any atom is 0.322 e. The minimum absolute atomic E-state index is 0. The summed E-state index contributed by atoms with van der Waals surface area (Å²) in [4.78, 5) is 15.5. The second-order valence-corrected chi connectivity index (χ2v) is 2.62. The average molecular weight is 320 g/mol. The topological polar surface area (TPSA) is 41.6 Å². The second kappa shape index (κ2) is 8.93. The molecule has 80 valence electrons. The Balaban J connectivity index is 0. The zero-order chi connectivity index (χ0) is 8.10. The van der Waals surface area contributed by atoms with E-state index in [0.717, 1.165) is 32.6 Å². The molecule has 1 aliphatic rings. The van der Waals surface area contributed by atoms with Crippen LogP contribution in [0.25, 0.3) is 0 Å². The molecule has 0 amide bonds. The Bertz CT molecular complexity index is 138. The van der Waals surface area contributed by atoms with E-state index in [1.54, 1.807) is 5.06 Å². The van der Waals surface area contributed by atoms with Crippen LogP contribution in [0.5, 0.6) is 0 Å². The van der Waals surface area contributed by atoms with Gasteiger partial charge in [0.25, 0.3) is 0 Å². The predicted octanol–water partition coefficient (Wildman–Crippen LogP) is 0.916. The van der Waals surface area contributed by atoms with Gasteiger partial charge in [0.1, 0.15) is 0 Å². The Morgan fingerprint density at radius 3 is 2.62 bits per heavy atom. The largest absolute Gasteiger partial charge is 0.368 e. The van der Waals surface area contributed by atoms with Gasteiger partial charge in [0.2, 0.25) is 0 Å². The van der Waals surface area contributed by atoms with Gasteiger partial charge < -0.3 is 10.2 Å². The van der Waals surface area contributed by atoms with Crippen LogP contribution in [0.1, 0.15) is 13.3 Å². The molecule has 0 saturated carbocycles. The molecule has 1 heterocycles. The first-order valence-electron chi connectivity index (χ1n) is 3.93. The highest BCUT2D eigenvalue weighted by Crippen LogP contribution is 1.95. The first kappa shape index (κ1) is 15.8. The van der Waals surface area contributed by atoms with Crippen LogP contribution in [-0.4, -0.2) is 37.2 Å². The molecule has 6 heteroatoms. The van der Waals surface area contributed by atoms with Gasteiger partial charge in [-0.15, -0.1) is 39.0 Å². The van der Waals surface area contributed by atoms with Crippen LogP contribution in [0.4, 0.5) is 0 Å². The van der Waals surface area contributed by atoms with Crippen molar-refractivity contribution in [1.82, 2.24) is 10.4 Å². The molecule has 0 spiro atoms. The average Bonchev–Trinajstić information content (AvgIpc) is 2.14. The van der Waals surface area contributed by atoms with Gasteiger partial charge in [-0.05, 0) is 13.0 Å². The Labute approximate surface area is 99.5 Å². The molecule has 1 aliphatic heterocycles. The van der Waals surface area contributed by atoms with Crippen molar-refractivity contribution in [3.63, 3.8) is 0 Å². The number of carbonyl (C=O) groups excluding carboxylic acids is 1. The van der Waals surface area contributed by atoms with E-state index in [4.69, 9.17) is 4.84 Å². The number of hydroxylamine groups is 2. The third kappa shape index (κ3) is 7.42. The van der Waals surface area contributed by atoms with Crippen LogP contribution in [0.15, 0.2) is 0 Å². The quantitative estimate of drug-likeness (QED) is 0.780. The summed E-state index contributed by atoms with van der Waals surface area (Å²) in [7, 11) is 0. The van der Waals surface area contributed by atoms with Crippen molar-refractivity contribution in [2.75, 3.05) is 26.2 Å². The summed E-state index contributed by atoms with van der Waals surface area (Å²) in [6.45, 7) is 4.97. The van der Waals surface area contributed by atoms with Crippen molar-refractivity contribution < 1.29 is 9.63 Å². The number of carbonyl (C=O) groups is 1. The van der Waals surface area contributed by atoms with Gasteiger partial charge in [-0.2, -0.15) is 0 Å². The molecule has 13 heavy (non-hydrogen) atoms. The van der Waals surface area contributed by atoms with Gasteiger partial charge in [0.15, 0.2) is 0 Å². The van der Waals surface area contributed by atoms with Crippen molar-refractivity contribution in [3.8, 4) is 0 Å². The van der Waals surface area contributed by atoms with Gasteiger partial charge >= 0.3 is 5.97 Å². The van der Waals surface area contributed by atoms with Gasteiger partial charge in [0.05, 0.1) is 0 Å². The third-order valence-corrected chi connectivity index (χ3v) is 1.56. The highest BCUT2D eigenvalue weighted by atomic mass is 79.9. The van der Waals surface area contributed by atoms with E-state index in [1.165, 1.54) is 6.92 Å². The van der Waals surface area contributed by atoms with Crippen LogP contribution in [0, 0.1) is 0 Å². The Morgan fingerprint density at radius 1 is 1.31 bits per heavy atom. The van der Waals surface area contributed by atoms with Crippen LogP contribution in [0.3, 0.4) is 0 Å². The lowest BCUT2D eigenvalue weighted by molar-refractivity contribution is -0.186. The van der Waals surface area contributed by atoms with E-state index in [2.05, 4.69) is 5.32 Å². The zero-order valence-corrected chi connectivity index (χ0v) is 11.0. The summed E-state index contributed by atoms with van der Waals surface area (Å²) >= 11 is 0. The van der Waals surface area contributed by atoms with Crippen LogP contribution < -0.4 is 5.32 Å². The minimum atomic E-state index is -0.230. The van der Waals surface area contributed by atoms with Crippen LogP contribution >= 0.6 is 34.0 Å². The molecular weight excluding hydrogens is 304 g/mol. The summed E-state index contributed by atoms with van der Waals surface area (Å²) in [5.74, 6) is -0.230. The molecule has 4 nitrogen and oxygen atoms in total. The highest BCUT2D eigenvalue weighted by molar-refractivity contribution is 8.93. The monoisotopic (exact) mass is 318 g/mol. The fourth-order valence-corrected chi connectivity index (χ4v) is 1.09. The zero-order valence-electron chi connectivity index (χ0n) is 7.62. The van der Waals surface area contributed by atoms with E-state index in [9.17, 15) is 4.79 Å². The number of rotatable bonds is 1. The van der Waals surface area contributed by atoms with Gasteiger partial charge in [-0.1, -0.05) is 0 Å². The van der Waals surface area contributed by atoms with E-state index < -0.39 is 0 Å². The van der Waals surface area contributed by atoms with Crippen molar-refractivity contribution >= 4 is 39.9 Å². The van der Waals surface area contributed by atoms with E-state index in [0.29, 0.717) is 0 Å². The molecule has 0 aromatic heterocycles. The first-order valence-corrected chi connectivity index (χ1v) is 3.93. The summed E-state index contributed by atoms with van der Waals surface area (Å²) in [5.41, 5.74) is 0. The lowest BCUT2D eigenvalue weighted by Gasteiger charge is -2.16. The van der Waals surface area contributed by atoms with E-state index >= 15 is 0 Å². The Morgan fingerprint density at radius 2 is 2.00 bits per heavy atom. The molecule has 0 aromatic rings. The number of nitrogens with one attached hydrogen (secondary N) is 1. The van der Waals surface area contributed by atoms with Crippen molar-refractivity contribution in [2.24, 2.45) is 0 Å². The summed E-state index contributed by atoms with van der Waals surface area (Å²) in [6, 6.07) is 0. The SMILES string of the molecule is Br.Br.CC(=O)ON1CCCNCC1. The summed E-state index contributed by atoms with van der Waals surface area (Å²) in [6.07, 6.45) is 1.03. The standard InChI is InChI=1S/C7H14N2O2.2BrH/c1-7(10)11-9-5-2-3-8-4-6-9;;/h8H,2-6H2,1H3;2*1H. The molecule has 0 aromatic carbocycles. The van der Waals surface area contributed by atoms with Gasteiger partial charge in [-0.25, -0.2) is 0 Å². The maximum absolute atomic E-state index is 10.5. The van der Waals surface area contributed by atoms with Crippen LogP contribution in [-0.2, 0) is 9.63 Å². The molecule has 0 bridgehead atoms. The first-order chi connectivity index (χ1) is 5.29. The molecule has 1 fully saturated rings. The van der Waals surface area contributed by atoms with Crippen molar-refractivity contribution in [2.45, 2.75) is 13.3 Å². The second-order valence-electron chi connectivity index (χ2n) is 2.62. The van der Waals surface area contributed by atoms with Gasteiger partial charge in [0, 0.05) is 26.6 Å². The molecule has 0 aliphatic carbocycles. The number of nitrogens with zero attached hydrogens (tertiary/aromatic N) is 1. The molecule has 1 saturated heterocycles.